The molecule has 0 unspecified atom stereocenters. The van der Waals surface area contributed by atoms with E-state index in [4.69, 9.17) is 9.47 Å². The minimum Gasteiger partial charge on any atom is -0.455 e. The molecule has 3 aromatic heterocycles. The van der Waals surface area contributed by atoms with Gasteiger partial charge in [-0.25, -0.2) is 4.79 Å². The highest BCUT2D eigenvalue weighted by molar-refractivity contribution is 5.89. The summed E-state index contributed by atoms with van der Waals surface area (Å²) in [6.45, 7) is 4.92. The van der Waals surface area contributed by atoms with Crippen LogP contribution in [0.5, 0.6) is 11.5 Å². The molecule has 4 heterocycles. The van der Waals surface area contributed by atoms with E-state index in [0.717, 1.165) is 34.5 Å². The summed E-state index contributed by atoms with van der Waals surface area (Å²) in [4.78, 5) is 12.8. The number of ether oxygens (including phenoxy) is 2. The van der Waals surface area contributed by atoms with Crippen molar-refractivity contribution in [2.45, 2.75) is 20.0 Å². The molecule has 35 heavy (non-hydrogen) atoms. The zero-order chi connectivity index (χ0) is 23.9. The molecular formula is C25H25N7O3. The van der Waals surface area contributed by atoms with Gasteiger partial charge in [-0.1, -0.05) is 0 Å². The van der Waals surface area contributed by atoms with Crippen molar-refractivity contribution in [3.63, 3.8) is 0 Å². The van der Waals surface area contributed by atoms with Crippen LogP contribution in [0, 0.1) is 5.92 Å². The number of rotatable bonds is 7. The lowest BCUT2D eigenvalue weighted by atomic mass is 10.1. The lowest BCUT2D eigenvalue weighted by Gasteiger charge is -2.25. The minimum atomic E-state index is -0.0603. The first-order chi connectivity index (χ1) is 17.1. The van der Waals surface area contributed by atoms with Crippen LogP contribution >= 0.6 is 0 Å². The van der Waals surface area contributed by atoms with Crippen LogP contribution in [-0.2, 0) is 24.9 Å². The summed E-state index contributed by atoms with van der Waals surface area (Å²) >= 11 is 0. The molecule has 5 aromatic rings. The van der Waals surface area contributed by atoms with Gasteiger partial charge in [-0.3, -0.25) is 13.8 Å². The molecule has 0 amide bonds. The zero-order valence-corrected chi connectivity index (χ0v) is 19.5. The van der Waals surface area contributed by atoms with E-state index in [9.17, 15) is 4.79 Å². The van der Waals surface area contributed by atoms with Gasteiger partial charge in [0.15, 0.2) is 11.6 Å². The summed E-state index contributed by atoms with van der Waals surface area (Å²) < 4.78 is 18.7. The molecule has 2 aromatic carbocycles. The van der Waals surface area contributed by atoms with Gasteiger partial charge in [-0.15, -0.1) is 10.2 Å². The summed E-state index contributed by atoms with van der Waals surface area (Å²) in [5.41, 5.74) is 2.51. The van der Waals surface area contributed by atoms with Crippen molar-refractivity contribution in [3.05, 3.63) is 71.8 Å². The van der Waals surface area contributed by atoms with Gasteiger partial charge in [0.1, 0.15) is 17.6 Å². The molecule has 178 valence electrons. The van der Waals surface area contributed by atoms with Crippen molar-refractivity contribution in [1.29, 1.82) is 0 Å². The third-order valence-corrected chi connectivity index (χ3v) is 6.36. The quantitative estimate of drug-likeness (QED) is 0.362. The molecule has 1 saturated heterocycles. The van der Waals surface area contributed by atoms with Gasteiger partial charge in [0, 0.05) is 49.4 Å². The Labute approximate surface area is 201 Å². The first-order valence-electron chi connectivity index (χ1n) is 11.6. The van der Waals surface area contributed by atoms with Gasteiger partial charge in [-0.05, 0) is 43.3 Å². The predicted octanol–water partition coefficient (Wildman–Crippen LogP) is 3.24. The zero-order valence-electron chi connectivity index (χ0n) is 19.5. The van der Waals surface area contributed by atoms with Crippen LogP contribution in [0.1, 0.15) is 6.92 Å². The van der Waals surface area contributed by atoms with Gasteiger partial charge in [0.05, 0.1) is 25.1 Å². The van der Waals surface area contributed by atoms with Crippen LogP contribution < -0.4 is 10.4 Å². The Balaban J connectivity index is 1.30. The minimum absolute atomic E-state index is 0.0603. The predicted molar refractivity (Wildman–Crippen MR) is 130 cm³/mol. The van der Waals surface area contributed by atoms with Crippen molar-refractivity contribution in [2.75, 3.05) is 13.2 Å². The molecule has 0 saturated carbocycles. The van der Waals surface area contributed by atoms with E-state index in [0.29, 0.717) is 37.2 Å². The van der Waals surface area contributed by atoms with E-state index in [1.165, 1.54) is 0 Å². The third-order valence-electron chi connectivity index (χ3n) is 6.36. The van der Waals surface area contributed by atoms with E-state index in [1.54, 1.807) is 26.3 Å². The molecule has 1 aliphatic heterocycles. The van der Waals surface area contributed by atoms with Gasteiger partial charge < -0.3 is 14.0 Å². The number of nitrogens with zero attached hydrogens (tertiary/aromatic N) is 7. The van der Waals surface area contributed by atoms with Crippen LogP contribution in [0.4, 0.5) is 0 Å². The Morgan fingerprint density at radius 3 is 2.69 bits per heavy atom. The topological polar surface area (TPSA) is 93.9 Å². The van der Waals surface area contributed by atoms with E-state index in [-0.39, 0.29) is 5.69 Å². The maximum Gasteiger partial charge on any atom is 0.332 e. The molecule has 0 spiro atoms. The molecule has 0 N–H and O–H groups in total. The van der Waals surface area contributed by atoms with Crippen molar-refractivity contribution >= 4 is 10.9 Å². The second kappa shape index (κ2) is 8.55. The maximum atomic E-state index is 12.8. The summed E-state index contributed by atoms with van der Waals surface area (Å²) in [6.07, 6.45) is 7.15. The highest BCUT2D eigenvalue weighted by Gasteiger charge is 2.20. The van der Waals surface area contributed by atoms with Crippen molar-refractivity contribution in [2.24, 2.45) is 13.0 Å². The second-order valence-corrected chi connectivity index (χ2v) is 8.72. The maximum absolute atomic E-state index is 12.8. The van der Waals surface area contributed by atoms with Gasteiger partial charge in [0.2, 0.25) is 0 Å². The Morgan fingerprint density at radius 2 is 1.94 bits per heavy atom. The summed E-state index contributed by atoms with van der Waals surface area (Å²) in [5.74, 6) is 2.51. The molecule has 0 atom stereocenters. The molecule has 0 radical (unpaired) electrons. The number of aryl methyl sites for hydroxylation is 2. The first-order valence-corrected chi connectivity index (χ1v) is 11.6. The molecular weight excluding hydrogens is 446 g/mol. The lowest BCUT2D eigenvalue weighted by molar-refractivity contribution is -0.0398. The average Bonchev–Trinajstić information content (AvgIpc) is 3.56. The van der Waals surface area contributed by atoms with Crippen LogP contribution in [-0.4, -0.2) is 46.9 Å². The fourth-order valence-corrected chi connectivity index (χ4v) is 4.42. The van der Waals surface area contributed by atoms with E-state index >= 15 is 0 Å². The Kier molecular flexibility index (Phi) is 5.22. The fourth-order valence-electron chi connectivity index (χ4n) is 4.42. The van der Waals surface area contributed by atoms with Crippen molar-refractivity contribution < 1.29 is 9.47 Å². The van der Waals surface area contributed by atoms with Crippen LogP contribution in [0.25, 0.3) is 28.0 Å². The standard InChI is InChI=1S/C25H25N7O3/c1-3-30-16-26-28-24(30)18-10-19-12-27-29(2)23(19)22(11-18)35-21-6-4-20(5-7-21)32-9-8-31(25(32)33)13-17-14-34-15-17/h4-12,16-17H,3,13-15H2,1-2H3. The number of aromatic nitrogens is 7. The molecule has 6 rings (SSSR count). The largest absolute Gasteiger partial charge is 0.455 e. The van der Waals surface area contributed by atoms with E-state index < -0.39 is 0 Å². The number of imidazole rings is 1. The Bertz CT molecular complexity index is 1550. The molecule has 10 nitrogen and oxygen atoms in total. The summed E-state index contributed by atoms with van der Waals surface area (Å²) in [7, 11) is 1.89. The number of hydrogen-bond acceptors (Lipinski definition) is 6. The fraction of sp³-hybridized carbons (Fsp3) is 0.280. The van der Waals surface area contributed by atoms with Gasteiger partial charge in [-0.2, -0.15) is 5.10 Å². The van der Waals surface area contributed by atoms with Crippen LogP contribution in [0.15, 0.2) is 66.1 Å². The highest BCUT2D eigenvalue weighted by Crippen LogP contribution is 2.34. The Hall–Kier alpha value is -4.18. The molecule has 10 heteroatoms. The molecule has 1 aliphatic rings. The SMILES string of the molecule is CCn1cnnc1-c1cc(Oc2ccc(-n3ccn(CC4COC4)c3=O)cc2)c2c(cnn2C)c1. The van der Waals surface area contributed by atoms with Gasteiger partial charge in [0.25, 0.3) is 0 Å². The number of fused-ring (bicyclic) bond motifs is 1. The number of hydrogen-bond donors (Lipinski definition) is 0. The number of benzene rings is 2. The monoisotopic (exact) mass is 471 g/mol. The van der Waals surface area contributed by atoms with Crippen molar-refractivity contribution in [1.82, 2.24) is 33.7 Å². The second-order valence-electron chi connectivity index (χ2n) is 8.72. The van der Waals surface area contributed by atoms with Crippen LogP contribution in [0.2, 0.25) is 0 Å². The average molecular weight is 472 g/mol. The molecule has 0 aliphatic carbocycles. The van der Waals surface area contributed by atoms with Gasteiger partial charge >= 0.3 is 5.69 Å². The van der Waals surface area contributed by atoms with E-state index in [1.807, 2.05) is 60.4 Å². The van der Waals surface area contributed by atoms with E-state index in [2.05, 4.69) is 22.2 Å². The highest BCUT2D eigenvalue weighted by atomic mass is 16.5. The summed E-state index contributed by atoms with van der Waals surface area (Å²) in [5, 5.41) is 13.7. The Morgan fingerprint density at radius 1 is 1.11 bits per heavy atom. The summed E-state index contributed by atoms with van der Waals surface area (Å²) in [6, 6.07) is 11.5. The van der Waals surface area contributed by atoms with Crippen molar-refractivity contribution in [3.8, 4) is 28.6 Å². The lowest BCUT2D eigenvalue weighted by Crippen LogP contribution is -2.35. The normalized spacial score (nSPS) is 13.9. The van der Waals surface area contributed by atoms with Crippen LogP contribution in [0.3, 0.4) is 0 Å². The first kappa shape index (κ1) is 21.4. The third kappa shape index (κ3) is 3.81. The molecule has 0 bridgehead atoms. The molecule has 1 fully saturated rings. The smallest absolute Gasteiger partial charge is 0.332 e.